The molecule has 0 radical (unpaired) electrons. The van der Waals surface area contributed by atoms with Gasteiger partial charge in [-0.25, -0.2) is 4.68 Å². The zero-order valence-electron chi connectivity index (χ0n) is 12.0. The SMILES string of the molecule is O=c1c(Cl)c(Nc2ccc(Br)cc2)cnn1Cc1ccccc1. The van der Waals surface area contributed by atoms with Crippen LogP contribution in [0.2, 0.25) is 5.02 Å². The van der Waals surface area contributed by atoms with Gasteiger partial charge < -0.3 is 5.32 Å². The molecule has 3 aromatic rings. The summed E-state index contributed by atoms with van der Waals surface area (Å²) < 4.78 is 2.33. The maximum Gasteiger partial charge on any atom is 0.287 e. The van der Waals surface area contributed by atoms with Gasteiger partial charge in [-0.05, 0) is 29.8 Å². The highest BCUT2D eigenvalue weighted by Crippen LogP contribution is 2.22. The van der Waals surface area contributed by atoms with Gasteiger partial charge in [-0.3, -0.25) is 4.79 Å². The van der Waals surface area contributed by atoms with E-state index in [1.54, 1.807) is 6.20 Å². The predicted octanol–water partition coefficient (Wildman–Crippen LogP) is 4.45. The number of nitrogens with one attached hydrogen (secondary N) is 1. The van der Waals surface area contributed by atoms with Crippen molar-refractivity contribution in [1.82, 2.24) is 9.78 Å². The van der Waals surface area contributed by atoms with Gasteiger partial charge >= 0.3 is 0 Å². The van der Waals surface area contributed by atoms with Crippen LogP contribution in [0.4, 0.5) is 11.4 Å². The van der Waals surface area contributed by atoms with Crippen molar-refractivity contribution in [1.29, 1.82) is 0 Å². The Morgan fingerprint density at radius 1 is 1.09 bits per heavy atom. The van der Waals surface area contributed by atoms with E-state index in [1.165, 1.54) is 4.68 Å². The summed E-state index contributed by atoms with van der Waals surface area (Å²) in [5, 5.41) is 7.42. The molecule has 1 aromatic heterocycles. The molecule has 0 unspecified atom stereocenters. The van der Waals surface area contributed by atoms with Crippen LogP contribution in [0.15, 0.2) is 70.1 Å². The minimum Gasteiger partial charge on any atom is -0.353 e. The lowest BCUT2D eigenvalue weighted by molar-refractivity contribution is 0.640. The van der Waals surface area contributed by atoms with Crippen LogP contribution in [0, 0.1) is 0 Å². The van der Waals surface area contributed by atoms with Gasteiger partial charge in [-0.1, -0.05) is 57.9 Å². The molecule has 0 aliphatic carbocycles. The second-order valence-corrected chi connectivity index (χ2v) is 6.25. The Kier molecular flexibility index (Phi) is 4.79. The third kappa shape index (κ3) is 3.81. The van der Waals surface area contributed by atoms with Gasteiger partial charge in [0.1, 0.15) is 5.02 Å². The first kappa shape index (κ1) is 15.8. The summed E-state index contributed by atoms with van der Waals surface area (Å²) in [5.41, 5.74) is 1.99. The predicted molar refractivity (Wildman–Crippen MR) is 96.5 cm³/mol. The van der Waals surface area contributed by atoms with Gasteiger partial charge in [0.2, 0.25) is 0 Å². The van der Waals surface area contributed by atoms with Crippen LogP contribution in [0.25, 0.3) is 0 Å². The third-order valence-corrected chi connectivity index (χ3v) is 4.18. The summed E-state index contributed by atoms with van der Waals surface area (Å²) in [7, 11) is 0. The Morgan fingerprint density at radius 2 is 1.78 bits per heavy atom. The number of aromatic nitrogens is 2. The number of benzene rings is 2. The van der Waals surface area contributed by atoms with Crippen LogP contribution in [0.5, 0.6) is 0 Å². The Bertz CT molecular complexity index is 863. The molecule has 0 saturated heterocycles. The number of hydrogen-bond acceptors (Lipinski definition) is 3. The Hall–Kier alpha value is -2.11. The van der Waals surface area contributed by atoms with E-state index < -0.39 is 0 Å². The van der Waals surface area contributed by atoms with Crippen molar-refractivity contribution in [3.05, 3.63) is 86.2 Å². The summed E-state index contributed by atoms with van der Waals surface area (Å²) in [6, 6.07) is 17.2. The first-order valence-corrected chi connectivity index (χ1v) is 8.13. The molecule has 0 saturated carbocycles. The van der Waals surface area contributed by atoms with E-state index in [1.807, 2.05) is 54.6 Å². The van der Waals surface area contributed by atoms with E-state index >= 15 is 0 Å². The van der Waals surface area contributed by atoms with Gasteiger partial charge in [0.05, 0.1) is 18.4 Å². The van der Waals surface area contributed by atoms with Crippen molar-refractivity contribution in [3.63, 3.8) is 0 Å². The molecule has 0 aliphatic heterocycles. The van der Waals surface area contributed by atoms with Crippen molar-refractivity contribution in [2.45, 2.75) is 6.54 Å². The number of anilines is 2. The lowest BCUT2D eigenvalue weighted by Gasteiger charge is -2.10. The first-order chi connectivity index (χ1) is 11.1. The van der Waals surface area contributed by atoms with E-state index in [9.17, 15) is 4.79 Å². The van der Waals surface area contributed by atoms with Gasteiger partial charge in [-0.15, -0.1) is 0 Å². The number of rotatable bonds is 4. The molecule has 0 spiro atoms. The van der Waals surface area contributed by atoms with Gasteiger partial charge in [0.25, 0.3) is 5.56 Å². The van der Waals surface area contributed by atoms with E-state index in [4.69, 9.17) is 11.6 Å². The lowest BCUT2D eigenvalue weighted by atomic mass is 10.2. The molecule has 0 fully saturated rings. The molecule has 1 N–H and O–H groups in total. The molecule has 4 nitrogen and oxygen atoms in total. The fraction of sp³-hybridized carbons (Fsp3) is 0.0588. The smallest absolute Gasteiger partial charge is 0.287 e. The lowest BCUT2D eigenvalue weighted by Crippen LogP contribution is -2.24. The average Bonchev–Trinajstić information content (AvgIpc) is 2.57. The zero-order chi connectivity index (χ0) is 16.2. The molecule has 2 aromatic carbocycles. The highest BCUT2D eigenvalue weighted by molar-refractivity contribution is 9.10. The van der Waals surface area contributed by atoms with Gasteiger partial charge in [0, 0.05) is 10.2 Å². The molecule has 23 heavy (non-hydrogen) atoms. The Morgan fingerprint density at radius 3 is 2.48 bits per heavy atom. The first-order valence-electron chi connectivity index (χ1n) is 6.95. The van der Waals surface area contributed by atoms with Crippen molar-refractivity contribution in [2.75, 3.05) is 5.32 Å². The highest BCUT2D eigenvalue weighted by Gasteiger charge is 2.10. The third-order valence-electron chi connectivity index (χ3n) is 3.28. The molecule has 116 valence electrons. The maximum atomic E-state index is 12.4. The van der Waals surface area contributed by atoms with E-state index in [2.05, 4.69) is 26.3 Å². The van der Waals surface area contributed by atoms with Crippen molar-refractivity contribution >= 4 is 38.9 Å². The largest absolute Gasteiger partial charge is 0.353 e. The van der Waals surface area contributed by atoms with Crippen LogP contribution < -0.4 is 10.9 Å². The maximum absolute atomic E-state index is 12.4. The van der Waals surface area contributed by atoms with Crippen molar-refractivity contribution in [3.8, 4) is 0 Å². The molecule has 0 bridgehead atoms. The van der Waals surface area contributed by atoms with Gasteiger partial charge in [-0.2, -0.15) is 5.10 Å². The second kappa shape index (κ2) is 6.98. The molecule has 3 rings (SSSR count). The summed E-state index contributed by atoms with van der Waals surface area (Å²) in [5.74, 6) is 0. The van der Waals surface area contributed by atoms with Crippen LogP contribution >= 0.6 is 27.5 Å². The molecular weight excluding hydrogens is 378 g/mol. The van der Waals surface area contributed by atoms with Gasteiger partial charge in [0.15, 0.2) is 0 Å². The normalized spacial score (nSPS) is 10.5. The molecular formula is C17H13BrClN3O. The van der Waals surface area contributed by atoms with E-state index in [-0.39, 0.29) is 10.6 Å². The van der Waals surface area contributed by atoms with Crippen LogP contribution in [-0.2, 0) is 6.54 Å². The summed E-state index contributed by atoms with van der Waals surface area (Å²) >= 11 is 9.58. The van der Waals surface area contributed by atoms with E-state index in [0.717, 1.165) is 15.7 Å². The van der Waals surface area contributed by atoms with Crippen molar-refractivity contribution < 1.29 is 0 Å². The topological polar surface area (TPSA) is 46.9 Å². The summed E-state index contributed by atoms with van der Waals surface area (Å²) in [4.78, 5) is 12.4. The molecule has 0 amide bonds. The van der Waals surface area contributed by atoms with Crippen molar-refractivity contribution in [2.24, 2.45) is 0 Å². The summed E-state index contributed by atoms with van der Waals surface area (Å²) in [6.07, 6.45) is 1.56. The van der Waals surface area contributed by atoms with Crippen LogP contribution in [0.3, 0.4) is 0 Å². The molecule has 1 heterocycles. The monoisotopic (exact) mass is 389 g/mol. The number of hydrogen-bond donors (Lipinski definition) is 1. The minimum atomic E-state index is -0.322. The molecule has 6 heteroatoms. The molecule has 0 aliphatic rings. The van der Waals surface area contributed by atoms with Crippen LogP contribution in [0.1, 0.15) is 5.56 Å². The minimum absolute atomic E-state index is 0.124. The highest BCUT2D eigenvalue weighted by atomic mass is 79.9. The number of nitrogens with zero attached hydrogens (tertiary/aromatic N) is 2. The number of halogens is 2. The standard InChI is InChI=1S/C17H13BrClN3O/c18-13-6-8-14(9-7-13)21-15-10-20-22(17(23)16(15)19)11-12-4-2-1-3-5-12/h1-10,21H,11H2. The quantitative estimate of drug-likeness (QED) is 0.716. The Labute approximate surface area is 146 Å². The van der Waals surface area contributed by atoms with E-state index in [0.29, 0.717) is 12.2 Å². The zero-order valence-corrected chi connectivity index (χ0v) is 14.4. The Balaban J connectivity index is 1.85. The molecule has 0 atom stereocenters. The second-order valence-electron chi connectivity index (χ2n) is 4.95. The summed E-state index contributed by atoms with van der Waals surface area (Å²) in [6.45, 7) is 0.387. The fourth-order valence-electron chi connectivity index (χ4n) is 2.11. The fourth-order valence-corrected chi connectivity index (χ4v) is 2.57. The average molecular weight is 391 g/mol. The van der Waals surface area contributed by atoms with Crippen LogP contribution in [-0.4, -0.2) is 9.78 Å².